The van der Waals surface area contributed by atoms with Crippen LogP contribution >= 0.6 is 12.4 Å². The van der Waals surface area contributed by atoms with Crippen LogP contribution in [0.5, 0.6) is 0 Å². The molecule has 0 heterocycles. The van der Waals surface area contributed by atoms with Crippen molar-refractivity contribution in [1.82, 2.24) is 5.32 Å². The molecule has 21 heavy (non-hydrogen) atoms. The first-order chi connectivity index (χ1) is 9.58. The van der Waals surface area contributed by atoms with Gasteiger partial charge in [-0.2, -0.15) is 0 Å². The van der Waals surface area contributed by atoms with E-state index >= 15 is 0 Å². The van der Waals surface area contributed by atoms with Gasteiger partial charge in [0.15, 0.2) is 0 Å². The minimum absolute atomic E-state index is 0. The van der Waals surface area contributed by atoms with E-state index in [1.165, 1.54) is 12.1 Å². The molecule has 0 radical (unpaired) electrons. The van der Waals surface area contributed by atoms with Crippen LogP contribution in [0.15, 0.2) is 24.3 Å². The molecule has 1 saturated carbocycles. The Hall–Kier alpha value is -1.17. The molecule has 0 aromatic heterocycles. The molecule has 1 aromatic rings. The van der Waals surface area contributed by atoms with Gasteiger partial charge in [-0.05, 0) is 24.8 Å². The number of carbonyl (C=O) groups is 1. The minimum atomic E-state index is -1.03. The van der Waals surface area contributed by atoms with Crippen LogP contribution < -0.4 is 11.1 Å². The van der Waals surface area contributed by atoms with Gasteiger partial charge in [0.05, 0.1) is 6.10 Å². The lowest BCUT2D eigenvalue weighted by molar-refractivity contribution is -0.122. The van der Waals surface area contributed by atoms with Gasteiger partial charge in [-0.15, -0.1) is 12.4 Å². The first-order valence-electron chi connectivity index (χ1n) is 7.02. The Bertz CT molecular complexity index is 473. The number of aliphatic hydroxyl groups is 1. The van der Waals surface area contributed by atoms with Crippen LogP contribution in [0.3, 0.4) is 0 Å². The summed E-state index contributed by atoms with van der Waals surface area (Å²) in [7, 11) is 0. The Labute approximate surface area is 130 Å². The van der Waals surface area contributed by atoms with Crippen LogP contribution in [-0.4, -0.2) is 23.6 Å². The standard InChI is InChI=1S/C15H21FN2O2.ClH/c16-12-6-2-1-5-11(12)14(19)9-18-15(20)8-10-4-3-7-13(10)17;/h1-2,5-6,10,13-14,19H,3-4,7-9,17H2,(H,18,20);1H/t10-,13+,14?;/m0./s1. The van der Waals surface area contributed by atoms with E-state index in [0.29, 0.717) is 6.42 Å². The average Bonchev–Trinajstić information content (AvgIpc) is 2.82. The molecule has 6 heteroatoms. The van der Waals surface area contributed by atoms with Crippen molar-refractivity contribution in [2.45, 2.75) is 37.8 Å². The second kappa shape index (κ2) is 8.32. The Morgan fingerprint density at radius 3 is 2.76 bits per heavy atom. The fourth-order valence-corrected chi connectivity index (χ4v) is 2.70. The van der Waals surface area contributed by atoms with E-state index in [2.05, 4.69) is 5.32 Å². The smallest absolute Gasteiger partial charge is 0.220 e. The molecule has 0 spiro atoms. The van der Waals surface area contributed by atoms with Gasteiger partial charge in [0.25, 0.3) is 0 Å². The van der Waals surface area contributed by atoms with E-state index in [0.717, 1.165) is 19.3 Å². The molecule has 118 valence electrons. The highest BCUT2D eigenvalue weighted by molar-refractivity contribution is 5.85. The number of nitrogens with one attached hydrogen (secondary N) is 1. The van der Waals surface area contributed by atoms with Crippen molar-refractivity contribution < 1.29 is 14.3 Å². The second-order valence-corrected chi connectivity index (χ2v) is 5.40. The topological polar surface area (TPSA) is 75.4 Å². The summed E-state index contributed by atoms with van der Waals surface area (Å²) in [4.78, 5) is 11.8. The van der Waals surface area contributed by atoms with Crippen molar-refractivity contribution in [3.05, 3.63) is 35.6 Å². The maximum atomic E-state index is 13.5. The predicted molar refractivity (Wildman–Crippen MR) is 81.6 cm³/mol. The van der Waals surface area contributed by atoms with Crippen LogP contribution in [-0.2, 0) is 4.79 Å². The van der Waals surface area contributed by atoms with E-state index in [1.54, 1.807) is 12.1 Å². The summed E-state index contributed by atoms with van der Waals surface area (Å²) in [5.74, 6) is -0.379. The van der Waals surface area contributed by atoms with Gasteiger partial charge in [-0.25, -0.2) is 4.39 Å². The zero-order valence-corrected chi connectivity index (χ0v) is 12.6. The Morgan fingerprint density at radius 2 is 2.14 bits per heavy atom. The van der Waals surface area contributed by atoms with Gasteiger partial charge >= 0.3 is 0 Å². The second-order valence-electron chi connectivity index (χ2n) is 5.40. The van der Waals surface area contributed by atoms with Gasteiger partial charge in [0.2, 0.25) is 5.91 Å². The number of hydrogen-bond acceptors (Lipinski definition) is 3. The molecule has 1 aliphatic rings. The van der Waals surface area contributed by atoms with Gasteiger partial charge < -0.3 is 16.2 Å². The van der Waals surface area contributed by atoms with Crippen molar-refractivity contribution in [2.24, 2.45) is 11.7 Å². The fourth-order valence-electron chi connectivity index (χ4n) is 2.70. The summed E-state index contributed by atoms with van der Waals surface area (Å²) in [6, 6.07) is 6.11. The molecule has 0 bridgehead atoms. The summed E-state index contributed by atoms with van der Waals surface area (Å²) in [6.07, 6.45) is 2.36. The number of aliphatic hydroxyl groups excluding tert-OH is 1. The molecule has 1 amide bonds. The van der Waals surface area contributed by atoms with Crippen molar-refractivity contribution in [3.8, 4) is 0 Å². The van der Waals surface area contributed by atoms with Gasteiger partial charge in [0.1, 0.15) is 5.82 Å². The predicted octanol–water partition coefficient (Wildman–Crippen LogP) is 1.91. The molecule has 1 unspecified atom stereocenters. The number of nitrogens with two attached hydrogens (primary N) is 1. The SMILES string of the molecule is Cl.N[C@@H]1CCC[C@H]1CC(=O)NCC(O)c1ccccc1F. The molecule has 0 aliphatic heterocycles. The highest BCUT2D eigenvalue weighted by Crippen LogP contribution is 2.26. The summed E-state index contributed by atoms with van der Waals surface area (Å²) in [5, 5.41) is 12.5. The molecule has 4 nitrogen and oxygen atoms in total. The molecule has 1 aliphatic carbocycles. The van der Waals surface area contributed by atoms with Crippen LogP contribution in [0.25, 0.3) is 0 Å². The van der Waals surface area contributed by atoms with E-state index in [9.17, 15) is 14.3 Å². The van der Waals surface area contributed by atoms with Crippen molar-refractivity contribution >= 4 is 18.3 Å². The number of halogens is 2. The van der Waals surface area contributed by atoms with Gasteiger partial charge in [-0.3, -0.25) is 4.79 Å². The normalized spacial score (nSPS) is 22.4. The molecule has 4 N–H and O–H groups in total. The molecular weight excluding hydrogens is 295 g/mol. The molecule has 3 atom stereocenters. The van der Waals surface area contributed by atoms with E-state index in [-0.39, 0.29) is 42.4 Å². The van der Waals surface area contributed by atoms with E-state index in [4.69, 9.17) is 5.73 Å². The lowest BCUT2D eigenvalue weighted by Gasteiger charge is -2.16. The first kappa shape index (κ1) is 17.9. The highest BCUT2D eigenvalue weighted by atomic mass is 35.5. The van der Waals surface area contributed by atoms with Gasteiger partial charge in [-0.1, -0.05) is 24.6 Å². The Kier molecular flexibility index (Phi) is 7.08. The molecular formula is C15H22ClFN2O2. The molecule has 2 rings (SSSR count). The molecule has 0 saturated heterocycles. The van der Waals surface area contributed by atoms with Crippen LogP contribution in [0.1, 0.15) is 37.4 Å². The van der Waals surface area contributed by atoms with Crippen molar-refractivity contribution in [2.75, 3.05) is 6.54 Å². The largest absolute Gasteiger partial charge is 0.386 e. The fraction of sp³-hybridized carbons (Fsp3) is 0.533. The summed E-state index contributed by atoms with van der Waals surface area (Å²) in [6.45, 7) is 0.0156. The van der Waals surface area contributed by atoms with Crippen LogP contribution in [0, 0.1) is 11.7 Å². The number of amides is 1. The summed E-state index contributed by atoms with van der Waals surface area (Å²) < 4.78 is 13.5. The van der Waals surface area contributed by atoms with Crippen LogP contribution in [0.4, 0.5) is 4.39 Å². The monoisotopic (exact) mass is 316 g/mol. The summed E-state index contributed by atoms with van der Waals surface area (Å²) in [5.41, 5.74) is 6.11. The quantitative estimate of drug-likeness (QED) is 0.777. The molecule has 1 aromatic carbocycles. The van der Waals surface area contributed by atoms with E-state index < -0.39 is 11.9 Å². The first-order valence-corrected chi connectivity index (χ1v) is 7.02. The minimum Gasteiger partial charge on any atom is -0.386 e. The lowest BCUT2D eigenvalue weighted by atomic mass is 10.00. The third kappa shape index (κ3) is 4.95. The maximum absolute atomic E-state index is 13.5. The number of hydrogen-bond donors (Lipinski definition) is 3. The number of benzene rings is 1. The van der Waals surface area contributed by atoms with Crippen LogP contribution in [0.2, 0.25) is 0 Å². The summed E-state index contributed by atoms with van der Waals surface area (Å²) >= 11 is 0. The van der Waals surface area contributed by atoms with Crippen molar-refractivity contribution in [1.29, 1.82) is 0 Å². The third-order valence-electron chi connectivity index (χ3n) is 3.92. The number of rotatable bonds is 5. The van der Waals surface area contributed by atoms with Crippen molar-refractivity contribution in [3.63, 3.8) is 0 Å². The Morgan fingerprint density at radius 1 is 1.43 bits per heavy atom. The van der Waals surface area contributed by atoms with E-state index in [1.807, 2.05) is 0 Å². The maximum Gasteiger partial charge on any atom is 0.220 e. The zero-order valence-electron chi connectivity index (χ0n) is 11.8. The highest BCUT2D eigenvalue weighted by Gasteiger charge is 2.26. The lowest BCUT2D eigenvalue weighted by Crippen LogP contribution is -2.33. The Balaban J connectivity index is 0.00000220. The number of carbonyl (C=O) groups excluding carboxylic acids is 1. The zero-order chi connectivity index (χ0) is 14.5. The third-order valence-corrected chi connectivity index (χ3v) is 3.92. The average molecular weight is 317 g/mol. The molecule has 1 fully saturated rings. The van der Waals surface area contributed by atoms with Gasteiger partial charge in [0, 0.05) is 24.6 Å².